The van der Waals surface area contributed by atoms with E-state index in [9.17, 15) is 27.6 Å². The molecule has 3 aromatic carbocycles. The summed E-state index contributed by atoms with van der Waals surface area (Å²) in [5.74, 6) is -1.89. The number of thioether (sulfide) groups is 1. The lowest BCUT2D eigenvalue weighted by atomic mass is 9.68. The molecular formula is C33H25F3N2O4S2. The number of H-pyrrole nitrogens is 1. The fourth-order valence-electron chi connectivity index (χ4n) is 8.00. The highest BCUT2D eigenvalue weighted by Gasteiger charge is 2.69. The van der Waals surface area contributed by atoms with Gasteiger partial charge in [0.15, 0.2) is 0 Å². The predicted octanol–water partition coefficient (Wildman–Crippen LogP) is 6.71. The van der Waals surface area contributed by atoms with Gasteiger partial charge >= 0.3 is 11.0 Å². The first-order chi connectivity index (χ1) is 21.2. The Morgan fingerprint density at radius 1 is 0.886 bits per heavy atom. The maximum absolute atomic E-state index is 13.9. The highest BCUT2D eigenvalue weighted by atomic mass is 32.2. The lowest BCUT2D eigenvalue weighted by Gasteiger charge is -2.43. The molecule has 2 amide bonds. The number of carbonyl (C=O) groups is 2. The number of imide groups is 1. The van der Waals surface area contributed by atoms with Gasteiger partial charge in [-0.3, -0.25) is 19.3 Å². The lowest BCUT2D eigenvalue weighted by molar-refractivity contribution is -0.137. The van der Waals surface area contributed by atoms with E-state index in [0.717, 1.165) is 38.1 Å². The van der Waals surface area contributed by atoms with Crippen LogP contribution in [0.25, 0.3) is 0 Å². The molecule has 1 N–H and O–H groups in total. The summed E-state index contributed by atoms with van der Waals surface area (Å²) in [6.45, 7) is 0.399. The molecule has 6 nitrogen and oxygen atoms in total. The Kier molecular flexibility index (Phi) is 6.36. The standard InChI is InChI=1S/C33H25F3N2O4S2/c34-33(35,36)18-9-5-10-19(13-18)38-30(39)25-21-14-22(26(25)31(38)40)27-24(21)23(28-29(43-27)37-32(41)44-28)17-8-4-11-20(12-17)42-15-16-6-2-1-3-7-16/h1-13,21-27H,14-15H2,(H,37,41)/t21?,22?,23-,24?,25?,26?,27?/m1/s1. The number of amides is 2. The number of rotatable bonds is 5. The minimum atomic E-state index is -4.59. The third-order valence-electron chi connectivity index (χ3n) is 9.62. The summed E-state index contributed by atoms with van der Waals surface area (Å²) < 4.78 is 46.6. The van der Waals surface area contributed by atoms with Crippen LogP contribution in [0.2, 0.25) is 0 Å². The van der Waals surface area contributed by atoms with Crippen molar-refractivity contribution in [3.05, 3.63) is 110 Å². The summed E-state index contributed by atoms with van der Waals surface area (Å²) in [6.07, 6.45) is -3.91. The summed E-state index contributed by atoms with van der Waals surface area (Å²) in [5.41, 5.74) is 1.07. The monoisotopic (exact) mass is 634 g/mol. The van der Waals surface area contributed by atoms with E-state index in [0.29, 0.717) is 18.8 Å². The van der Waals surface area contributed by atoms with Crippen molar-refractivity contribution in [2.45, 2.75) is 35.4 Å². The molecule has 4 aromatic rings. The number of thiazole rings is 1. The van der Waals surface area contributed by atoms with E-state index in [1.54, 1.807) is 11.8 Å². The third kappa shape index (κ3) is 4.27. The van der Waals surface area contributed by atoms with Gasteiger partial charge in [0.1, 0.15) is 12.4 Å². The van der Waals surface area contributed by atoms with Gasteiger partial charge < -0.3 is 9.72 Å². The zero-order valence-electron chi connectivity index (χ0n) is 23.0. The van der Waals surface area contributed by atoms with Crippen molar-refractivity contribution in [1.82, 2.24) is 4.98 Å². The quantitative estimate of drug-likeness (QED) is 0.247. The van der Waals surface area contributed by atoms with E-state index >= 15 is 0 Å². The molecule has 7 atom stereocenters. The van der Waals surface area contributed by atoms with Crippen molar-refractivity contribution in [2.24, 2.45) is 29.6 Å². The highest BCUT2D eigenvalue weighted by molar-refractivity contribution is 8.00. The minimum absolute atomic E-state index is 0.0314. The maximum atomic E-state index is 13.9. The topological polar surface area (TPSA) is 79.5 Å². The number of carbonyl (C=O) groups excluding carboxylic acids is 2. The lowest BCUT2D eigenvalue weighted by Crippen LogP contribution is -2.42. The Balaban J connectivity index is 1.15. The number of halogens is 3. The van der Waals surface area contributed by atoms with Crippen molar-refractivity contribution >= 4 is 40.6 Å². The van der Waals surface area contributed by atoms with Crippen LogP contribution in [-0.2, 0) is 22.4 Å². The largest absolute Gasteiger partial charge is 0.489 e. The van der Waals surface area contributed by atoms with Crippen LogP contribution < -0.4 is 14.5 Å². The fraction of sp³-hybridized carbons (Fsp3) is 0.303. The average Bonchev–Trinajstić information content (AvgIpc) is 3.75. The number of hydrogen-bond donors (Lipinski definition) is 1. The molecule has 224 valence electrons. The zero-order chi connectivity index (χ0) is 30.3. The van der Waals surface area contributed by atoms with Crippen LogP contribution >= 0.6 is 23.1 Å². The van der Waals surface area contributed by atoms with E-state index in [1.165, 1.54) is 23.5 Å². The van der Waals surface area contributed by atoms with Crippen LogP contribution in [0.3, 0.4) is 0 Å². The molecule has 3 fully saturated rings. The molecule has 2 saturated carbocycles. The summed E-state index contributed by atoms with van der Waals surface area (Å²) in [6, 6.07) is 22.1. The Labute approximate surface area is 258 Å². The normalized spacial score (nSPS) is 28.6. The number of benzene rings is 3. The highest BCUT2D eigenvalue weighted by Crippen LogP contribution is 2.68. The second kappa shape index (κ2) is 10.1. The molecule has 1 saturated heterocycles. The number of nitrogens with zero attached hydrogens (tertiary/aromatic N) is 1. The van der Waals surface area contributed by atoms with E-state index in [1.807, 2.05) is 54.6 Å². The number of anilines is 1. The molecule has 3 heterocycles. The van der Waals surface area contributed by atoms with Gasteiger partial charge in [0.05, 0.1) is 28.1 Å². The summed E-state index contributed by atoms with van der Waals surface area (Å²) in [7, 11) is 0. The van der Waals surface area contributed by atoms with Crippen LogP contribution in [0.15, 0.2) is 88.7 Å². The van der Waals surface area contributed by atoms with Crippen molar-refractivity contribution in [2.75, 3.05) is 4.90 Å². The molecule has 8 rings (SSSR count). The van der Waals surface area contributed by atoms with Gasteiger partial charge in [0.25, 0.3) is 0 Å². The molecule has 44 heavy (non-hydrogen) atoms. The molecule has 11 heteroatoms. The van der Waals surface area contributed by atoms with Crippen LogP contribution in [0.1, 0.15) is 33.9 Å². The van der Waals surface area contributed by atoms with Crippen LogP contribution in [0.5, 0.6) is 5.75 Å². The molecule has 4 aliphatic rings. The van der Waals surface area contributed by atoms with Gasteiger partial charge in [-0.1, -0.05) is 59.9 Å². The Morgan fingerprint density at radius 2 is 1.64 bits per heavy atom. The predicted molar refractivity (Wildman–Crippen MR) is 160 cm³/mol. The Bertz CT molecular complexity index is 1860. The van der Waals surface area contributed by atoms with Crippen molar-refractivity contribution in [3.8, 4) is 5.75 Å². The van der Waals surface area contributed by atoms with Crippen LogP contribution in [-0.4, -0.2) is 22.0 Å². The van der Waals surface area contributed by atoms with E-state index < -0.39 is 35.4 Å². The van der Waals surface area contributed by atoms with Crippen molar-refractivity contribution in [1.29, 1.82) is 0 Å². The second-order valence-electron chi connectivity index (χ2n) is 11.9. The van der Waals surface area contributed by atoms with E-state index in [-0.39, 0.29) is 39.5 Å². The van der Waals surface area contributed by atoms with Crippen LogP contribution in [0, 0.1) is 29.6 Å². The summed E-state index contributed by atoms with van der Waals surface area (Å²) in [4.78, 5) is 45.1. The Hall–Kier alpha value is -3.83. The number of fused-ring (bicyclic) bond motifs is 9. The molecule has 0 radical (unpaired) electrons. The maximum Gasteiger partial charge on any atom is 0.416 e. The van der Waals surface area contributed by atoms with E-state index in [4.69, 9.17) is 4.74 Å². The fourth-order valence-corrected chi connectivity index (χ4v) is 10.9. The van der Waals surface area contributed by atoms with Gasteiger partial charge in [0, 0.05) is 16.0 Å². The van der Waals surface area contributed by atoms with Gasteiger partial charge in [-0.2, -0.15) is 13.2 Å². The van der Waals surface area contributed by atoms with Crippen LogP contribution in [0.4, 0.5) is 18.9 Å². The second-order valence-corrected chi connectivity index (χ2v) is 14.1. The number of hydrogen-bond acceptors (Lipinski definition) is 6. The molecule has 2 aliphatic carbocycles. The molecule has 2 bridgehead atoms. The molecule has 6 unspecified atom stereocenters. The summed E-state index contributed by atoms with van der Waals surface area (Å²) in [5, 5.41) is 0.758. The van der Waals surface area contributed by atoms with Gasteiger partial charge in [-0.25, -0.2) is 0 Å². The van der Waals surface area contributed by atoms with Gasteiger partial charge in [0.2, 0.25) is 11.8 Å². The Morgan fingerprint density at radius 3 is 2.41 bits per heavy atom. The molecule has 1 aromatic heterocycles. The van der Waals surface area contributed by atoms with Gasteiger partial charge in [-0.15, -0.1) is 11.8 Å². The summed E-state index contributed by atoms with van der Waals surface area (Å²) >= 11 is 2.74. The SMILES string of the molecule is O=C1C2C3CC(C2C(=O)N1c1cccc(C(F)(F)F)c1)C1C3Sc2[nH]c(=O)sc2[C@@H]1c1cccc(OCc2ccccc2)c1. The smallest absolute Gasteiger partial charge is 0.416 e. The molecule has 2 aliphatic heterocycles. The minimum Gasteiger partial charge on any atom is -0.489 e. The van der Waals surface area contributed by atoms with Crippen molar-refractivity contribution < 1.29 is 27.5 Å². The number of aromatic amines is 1. The number of ether oxygens (including phenoxy) is 1. The molecule has 0 spiro atoms. The zero-order valence-corrected chi connectivity index (χ0v) is 24.6. The first-order valence-corrected chi connectivity index (χ1v) is 16.1. The number of nitrogens with one attached hydrogen (secondary N) is 1. The average molecular weight is 635 g/mol. The van der Waals surface area contributed by atoms with Crippen molar-refractivity contribution in [3.63, 3.8) is 0 Å². The first kappa shape index (κ1) is 27.7. The first-order valence-electron chi connectivity index (χ1n) is 14.4. The van der Waals surface area contributed by atoms with Gasteiger partial charge in [-0.05, 0) is 65.6 Å². The van der Waals surface area contributed by atoms with E-state index in [2.05, 4.69) is 4.98 Å². The molecular weight excluding hydrogens is 610 g/mol. The number of aromatic nitrogens is 1. The number of alkyl halides is 3. The third-order valence-corrected chi connectivity index (χ3v) is 12.2.